The van der Waals surface area contributed by atoms with Crippen LogP contribution in [0, 0.1) is 12.8 Å². The zero-order valence-electron chi connectivity index (χ0n) is 18.5. The molecule has 1 aliphatic rings. The molecule has 1 aromatic heterocycles. The fraction of sp³-hybridized carbons (Fsp3) is 0.160. The molecule has 0 bridgehead atoms. The van der Waals surface area contributed by atoms with Crippen molar-refractivity contribution in [2.45, 2.75) is 13.8 Å². The van der Waals surface area contributed by atoms with Gasteiger partial charge < -0.3 is 5.32 Å². The summed E-state index contributed by atoms with van der Waals surface area (Å²) in [4.78, 5) is 29.6. The molecule has 2 heterocycles. The number of hydrogen-bond donors (Lipinski definition) is 1. The molecule has 34 heavy (non-hydrogen) atoms. The molecule has 1 unspecified atom stereocenters. The monoisotopic (exact) mass is 491 g/mol. The Kier molecular flexibility index (Phi) is 5.45. The summed E-state index contributed by atoms with van der Waals surface area (Å²) in [6.07, 6.45) is 0. The van der Waals surface area contributed by atoms with Crippen LogP contribution in [0.15, 0.2) is 66.7 Å². The summed E-state index contributed by atoms with van der Waals surface area (Å²) in [5.41, 5.74) is 4.34. The molecule has 9 heteroatoms. The number of amides is 2. The van der Waals surface area contributed by atoms with E-state index in [4.69, 9.17) is 0 Å². The van der Waals surface area contributed by atoms with Gasteiger partial charge in [0.25, 0.3) is 5.91 Å². The number of aryl methyl sites for hydroxylation is 1. The molecule has 3 aromatic carbocycles. The molecule has 1 fully saturated rings. The van der Waals surface area contributed by atoms with E-state index in [0.29, 0.717) is 11.3 Å². The van der Waals surface area contributed by atoms with E-state index in [-0.39, 0.29) is 17.3 Å². The number of rotatable bonds is 4. The van der Waals surface area contributed by atoms with E-state index in [1.165, 1.54) is 29.8 Å². The lowest BCUT2D eigenvalue weighted by Crippen LogP contribution is -2.30. The number of benzene rings is 3. The number of anilines is 2. The Morgan fingerprint density at radius 2 is 1.76 bits per heavy atom. The van der Waals surface area contributed by atoms with Crippen molar-refractivity contribution < 1.29 is 18.0 Å². The minimum absolute atomic E-state index is 0.208. The van der Waals surface area contributed by atoms with E-state index < -0.39 is 21.8 Å². The van der Waals surface area contributed by atoms with Gasteiger partial charge in [-0.1, -0.05) is 13.0 Å². The van der Waals surface area contributed by atoms with Crippen molar-refractivity contribution in [2.24, 2.45) is 5.92 Å². The third-order valence-corrected chi connectivity index (χ3v) is 8.59. The molecule has 1 atom stereocenters. The molecule has 5 rings (SSSR count). The molecule has 1 saturated heterocycles. The number of thiazole rings is 1. The Balaban J connectivity index is 1.30. The molecule has 2 amide bonds. The summed E-state index contributed by atoms with van der Waals surface area (Å²) < 4.78 is 26.5. The molecule has 7 nitrogen and oxygen atoms in total. The smallest absolute Gasteiger partial charge is 0.255 e. The van der Waals surface area contributed by atoms with Crippen molar-refractivity contribution in [3.8, 4) is 10.6 Å². The SMILES string of the molecule is Cc1ccc2nc(-c3ccc(NC(=O)c4ccc(N5C(=O)C(C)CS5(=O)=O)cc4)cc3)sc2c1. The minimum atomic E-state index is -3.68. The van der Waals surface area contributed by atoms with Crippen LogP contribution < -0.4 is 9.62 Å². The molecular formula is C25H21N3O4S2. The number of nitrogens with zero attached hydrogens (tertiary/aromatic N) is 2. The van der Waals surface area contributed by atoms with Gasteiger partial charge in [0.15, 0.2) is 0 Å². The average molecular weight is 492 g/mol. The predicted octanol–water partition coefficient (Wildman–Crippen LogP) is 4.84. The second-order valence-corrected chi connectivity index (χ2v) is 11.2. The van der Waals surface area contributed by atoms with Gasteiger partial charge >= 0.3 is 0 Å². The first-order valence-corrected chi connectivity index (χ1v) is 13.1. The first kappa shape index (κ1) is 22.2. The number of fused-ring (bicyclic) bond motifs is 1. The fourth-order valence-electron chi connectivity index (χ4n) is 3.89. The lowest BCUT2D eigenvalue weighted by Gasteiger charge is -2.15. The first-order chi connectivity index (χ1) is 16.2. The van der Waals surface area contributed by atoms with Crippen LogP contribution in [0.4, 0.5) is 11.4 Å². The highest BCUT2D eigenvalue weighted by atomic mass is 32.2. The van der Waals surface area contributed by atoms with Crippen molar-refractivity contribution in [2.75, 3.05) is 15.4 Å². The number of hydrogen-bond acceptors (Lipinski definition) is 6. The van der Waals surface area contributed by atoms with Gasteiger partial charge in [-0.15, -0.1) is 11.3 Å². The van der Waals surface area contributed by atoms with Gasteiger partial charge in [0.05, 0.1) is 27.6 Å². The van der Waals surface area contributed by atoms with Gasteiger partial charge in [-0.3, -0.25) is 9.59 Å². The van der Waals surface area contributed by atoms with Gasteiger partial charge in [0.1, 0.15) is 5.01 Å². The number of nitrogens with one attached hydrogen (secondary N) is 1. The summed E-state index contributed by atoms with van der Waals surface area (Å²) >= 11 is 1.62. The Hall–Kier alpha value is -3.56. The molecule has 1 N–H and O–H groups in total. The molecule has 0 aliphatic carbocycles. The van der Waals surface area contributed by atoms with Crippen molar-refractivity contribution in [1.29, 1.82) is 0 Å². The van der Waals surface area contributed by atoms with Gasteiger partial charge in [0.2, 0.25) is 15.9 Å². The van der Waals surface area contributed by atoms with E-state index in [1.54, 1.807) is 18.3 Å². The molecule has 0 saturated carbocycles. The van der Waals surface area contributed by atoms with Crippen LogP contribution in [0.2, 0.25) is 0 Å². The summed E-state index contributed by atoms with van der Waals surface area (Å²) in [7, 11) is -3.68. The second kappa shape index (κ2) is 8.34. The minimum Gasteiger partial charge on any atom is -0.322 e. The predicted molar refractivity (Wildman–Crippen MR) is 135 cm³/mol. The maximum atomic E-state index is 12.7. The van der Waals surface area contributed by atoms with Gasteiger partial charge in [-0.2, -0.15) is 0 Å². The molecule has 1 aliphatic heterocycles. The van der Waals surface area contributed by atoms with E-state index in [0.717, 1.165) is 25.1 Å². The van der Waals surface area contributed by atoms with Crippen LogP contribution in [0.5, 0.6) is 0 Å². The molecule has 0 spiro atoms. The van der Waals surface area contributed by atoms with E-state index in [1.807, 2.05) is 36.4 Å². The Morgan fingerprint density at radius 3 is 2.41 bits per heavy atom. The van der Waals surface area contributed by atoms with E-state index >= 15 is 0 Å². The van der Waals surface area contributed by atoms with Crippen LogP contribution in [0.1, 0.15) is 22.8 Å². The number of sulfonamides is 1. The lowest BCUT2D eigenvalue weighted by atomic mass is 10.1. The highest BCUT2D eigenvalue weighted by Gasteiger charge is 2.41. The summed E-state index contributed by atoms with van der Waals surface area (Å²) in [5, 5.41) is 3.75. The van der Waals surface area contributed by atoms with Crippen LogP contribution >= 0.6 is 11.3 Å². The third-order valence-electron chi connectivity index (χ3n) is 5.66. The molecule has 4 aromatic rings. The summed E-state index contributed by atoms with van der Waals surface area (Å²) in [6, 6.07) is 19.6. The Labute approximate surface area is 201 Å². The molecular weight excluding hydrogens is 470 g/mol. The van der Waals surface area contributed by atoms with Crippen molar-refractivity contribution >= 4 is 54.8 Å². The normalized spacial score (nSPS) is 17.3. The van der Waals surface area contributed by atoms with Crippen molar-refractivity contribution in [1.82, 2.24) is 4.98 Å². The van der Waals surface area contributed by atoms with Gasteiger partial charge in [0, 0.05) is 16.8 Å². The van der Waals surface area contributed by atoms with Crippen molar-refractivity contribution in [3.63, 3.8) is 0 Å². The van der Waals surface area contributed by atoms with Crippen LogP contribution in [0.3, 0.4) is 0 Å². The Bertz CT molecular complexity index is 1520. The largest absolute Gasteiger partial charge is 0.322 e. The summed E-state index contributed by atoms with van der Waals surface area (Å²) in [5.74, 6) is -1.58. The van der Waals surface area contributed by atoms with Crippen LogP contribution in [-0.2, 0) is 14.8 Å². The average Bonchev–Trinajstić information content (AvgIpc) is 3.31. The Morgan fingerprint density at radius 1 is 1.06 bits per heavy atom. The molecule has 0 radical (unpaired) electrons. The highest BCUT2D eigenvalue weighted by Crippen LogP contribution is 2.32. The molecule has 172 valence electrons. The van der Waals surface area contributed by atoms with E-state index in [2.05, 4.69) is 23.3 Å². The second-order valence-electron chi connectivity index (χ2n) is 8.35. The zero-order valence-corrected chi connectivity index (χ0v) is 20.1. The number of aromatic nitrogens is 1. The zero-order chi connectivity index (χ0) is 24.0. The van der Waals surface area contributed by atoms with Crippen LogP contribution in [-0.4, -0.2) is 31.0 Å². The first-order valence-electron chi connectivity index (χ1n) is 10.7. The van der Waals surface area contributed by atoms with Gasteiger partial charge in [-0.25, -0.2) is 17.7 Å². The fourth-order valence-corrected chi connectivity index (χ4v) is 6.78. The van der Waals surface area contributed by atoms with Gasteiger partial charge in [-0.05, 0) is 73.2 Å². The van der Waals surface area contributed by atoms with Crippen molar-refractivity contribution in [3.05, 3.63) is 77.9 Å². The highest BCUT2D eigenvalue weighted by molar-refractivity contribution is 7.94. The lowest BCUT2D eigenvalue weighted by molar-refractivity contribution is -0.119. The number of carbonyl (C=O) groups excluding carboxylic acids is 2. The number of carbonyl (C=O) groups is 2. The maximum absolute atomic E-state index is 12.7. The quantitative estimate of drug-likeness (QED) is 0.441. The van der Waals surface area contributed by atoms with Crippen LogP contribution in [0.25, 0.3) is 20.8 Å². The topological polar surface area (TPSA) is 96.4 Å². The standard InChI is InChI=1S/C25H21N3O4S2/c1-15-3-12-21-22(13-15)33-24(27-21)18-4-8-19(9-5-18)26-23(29)17-6-10-20(11-7-17)28-25(30)16(2)14-34(28,31)32/h3-13,16H,14H2,1-2H3,(H,26,29). The maximum Gasteiger partial charge on any atom is 0.255 e. The summed E-state index contributed by atoms with van der Waals surface area (Å²) in [6.45, 7) is 3.64. The van der Waals surface area contributed by atoms with E-state index in [9.17, 15) is 18.0 Å². The third kappa shape index (κ3) is 4.08.